The maximum atomic E-state index is 12.2. The summed E-state index contributed by atoms with van der Waals surface area (Å²) in [6, 6.07) is 15.3. The smallest absolute Gasteiger partial charge is 0.326 e. The van der Waals surface area contributed by atoms with E-state index in [1.807, 2.05) is 30.3 Å². The number of hydrogen-bond donors (Lipinski definition) is 2. The molecular weight excluding hydrogens is 322 g/mol. The molecule has 0 fully saturated rings. The lowest BCUT2D eigenvalue weighted by Gasteiger charge is -2.14. The standard InChI is InChI=1S/C19H21NO5/c1-24-12-11-17(19(22)23)20-18(21)15-9-7-14(8-10-15)13-25-16-5-3-2-4-6-16/h2-10,17H,11-13H2,1H3,(H,20,21)(H,22,23). The van der Waals surface area contributed by atoms with Crippen LogP contribution < -0.4 is 10.1 Å². The van der Waals surface area contributed by atoms with Crippen molar-refractivity contribution in [2.45, 2.75) is 19.1 Å². The van der Waals surface area contributed by atoms with Crippen molar-refractivity contribution in [2.75, 3.05) is 13.7 Å². The highest BCUT2D eigenvalue weighted by Gasteiger charge is 2.20. The number of amides is 1. The van der Waals surface area contributed by atoms with Gasteiger partial charge >= 0.3 is 5.97 Å². The molecule has 0 aromatic heterocycles. The molecule has 6 heteroatoms. The fraction of sp³-hybridized carbons (Fsp3) is 0.263. The predicted molar refractivity (Wildman–Crippen MR) is 92.6 cm³/mol. The zero-order valence-electron chi connectivity index (χ0n) is 14.0. The molecule has 0 spiro atoms. The number of aliphatic carboxylic acids is 1. The SMILES string of the molecule is COCCC(NC(=O)c1ccc(COc2ccccc2)cc1)C(=O)O. The second kappa shape index (κ2) is 9.44. The molecule has 25 heavy (non-hydrogen) atoms. The number of benzene rings is 2. The van der Waals surface area contributed by atoms with Gasteiger partial charge in [-0.15, -0.1) is 0 Å². The van der Waals surface area contributed by atoms with E-state index >= 15 is 0 Å². The second-order valence-electron chi connectivity index (χ2n) is 5.44. The van der Waals surface area contributed by atoms with E-state index in [-0.39, 0.29) is 13.0 Å². The van der Waals surface area contributed by atoms with E-state index in [0.29, 0.717) is 12.2 Å². The minimum absolute atomic E-state index is 0.209. The Morgan fingerprint density at radius 1 is 1.08 bits per heavy atom. The van der Waals surface area contributed by atoms with Crippen LogP contribution in [0.1, 0.15) is 22.3 Å². The lowest BCUT2D eigenvalue weighted by atomic mass is 10.1. The van der Waals surface area contributed by atoms with Crippen molar-refractivity contribution in [2.24, 2.45) is 0 Å². The van der Waals surface area contributed by atoms with Crippen molar-refractivity contribution in [3.8, 4) is 5.75 Å². The van der Waals surface area contributed by atoms with E-state index in [9.17, 15) is 9.59 Å². The number of rotatable bonds is 9. The van der Waals surface area contributed by atoms with Crippen molar-refractivity contribution in [3.05, 3.63) is 65.7 Å². The molecule has 0 saturated carbocycles. The van der Waals surface area contributed by atoms with Crippen molar-refractivity contribution in [1.82, 2.24) is 5.32 Å². The zero-order valence-corrected chi connectivity index (χ0v) is 14.0. The topological polar surface area (TPSA) is 84.9 Å². The molecule has 0 aliphatic carbocycles. The summed E-state index contributed by atoms with van der Waals surface area (Å²) in [5, 5.41) is 11.6. The third-order valence-electron chi connectivity index (χ3n) is 3.58. The molecule has 2 rings (SSSR count). The zero-order chi connectivity index (χ0) is 18.1. The number of para-hydroxylation sites is 1. The van der Waals surface area contributed by atoms with E-state index in [4.69, 9.17) is 14.6 Å². The van der Waals surface area contributed by atoms with Gasteiger partial charge < -0.3 is 19.9 Å². The number of carboxylic acid groups (broad SMARTS) is 1. The average Bonchev–Trinajstić information content (AvgIpc) is 2.64. The minimum Gasteiger partial charge on any atom is -0.489 e. The molecule has 132 valence electrons. The van der Waals surface area contributed by atoms with Crippen LogP contribution in [0.4, 0.5) is 0 Å². The fourth-order valence-corrected chi connectivity index (χ4v) is 2.17. The molecule has 0 bridgehead atoms. The van der Waals surface area contributed by atoms with Crippen LogP contribution in [0.25, 0.3) is 0 Å². The van der Waals surface area contributed by atoms with E-state index in [1.54, 1.807) is 24.3 Å². The highest BCUT2D eigenvalue weighted by atomic mass is 16.5. The van der Waals surface area contributed by atoms with Gasteiger partial charge in [-0.25, -0.2) is 4.79 Å². The van der Waals surface area contributed by atoms with Gasteiger partial charge in [0.05, 0.1) is 0 Å². The van der Waals surface area contributed by atoms with Gasteiger partial charge in [0.15, 0.2) is 0 Å². The molecule has 0 radical (unpaired) electrons. The summed E-state index contributed by atoms with van der Waals surface area (Å²) in [6.45, 7) is 0.643. The Morgan fingerprint density at radius 2 is 1.76 bits per heavy atom. The summed E-state index contributed by atoms with van der Waals surface area (Å²) in [5.41, 5.74) is 1.31. The molecule has 1 atom stereocenters. The Balaban J connectivity index is 1.91. The molecule has 2 N–H and O–H groups in total. The van der Waals surface area contributed by atoms with Crippen molar-refractivity contribution in [3.63, 3.8) is 0 Å². The van der Waals surface area contributed by atoms with Crippen LogP contribution >= 0.6 is 0 Å². The van der Waals surface area contributed by atoms with Crippen LogP contribution in [0.5, 0.6) is 5.75 Å². The van der Waals surface area contributed by atoms with Crippen LogP contribution in [0.3, 0.4) is 0 Å². The Morgan fingerprint density at radius 3 is 2.36 bits per heavy atom. The van der Waals surface area contributed by atoms with E-state index < -0.39 is 17.9 Å². The lowest BCUT2D eigenvalue weighted by Crippen LogP contribution is -2.41. The number of carbonyl (C=O) groups is 2. The molecule has 0 aliphatic rings. The summed E-state index contributed by atoms with van der Waals surface area (Å²) in [7, 11) is 1.48. The monoisotopic (exact) mass is 343 g/mol. The Kier molecular flexibility index (Phi) is 6.98. The fourth-order valence-electron chi connectivity index (χ4n) is 2.17. The number of nitrogens with one attached hydrogen (secondary N) is 1. The molecule has 0 heterocycles. The summed E-state index contributed by atoms with van der Waals surface area (Å²) < 4.78 is 10.5. The van der Waals surface area contributed by atoms with Gasteiger partial charge in [-0.2, -0.15) is 0 Å². The normalized spacial score (nSPS) is 11.6. The van der Waals surface area contributed by atoms with Gasteiger partial charge in [0.1, 0.15) is 18.4 Å². The highest BCUT2D eigenvalue weighted by molar-refractivity contribution is 5.96. The molecule has 2 aromatic rings. The maximum Gasteiger partial charge on any atom is 0.326 e. The Bertz CT molecular complexity index is 685. The second-order valence-corrected chi connectivity index (χ2v) is 5.44. The van der Waals surface area contributed by atoms with Crippen molar-refractivity contribution in [1.29, 1.82) is 0 Å². The molecule has 0 saturated heterocycles. The minimum atomic E-state index is -1.08. The Labute approximate surface area is 146 Å². The highest BCUT2D eigenvalue weighted by Crippen LogP contribution is 2.12. The molecule has 6 nitrogen and oxygen atoms in total. The molecule has 1 unspecified atom stereocenters. The van der Waals surface area contributed by atoms with Crippen molar-refractivity contribution < 1.29 is 24.2 Å². The largest absolute Gasteiger partial charge is 0.489 e. The van der Waals surface area contributed by atoms with Gasteiger partial charge in [0, 0.05) is 25.7 Å². The number of methoxy groups -OCH3 is 1. The molecule has 1 amide bonds. The van der Waals surface area contributed by atoms with Crippen LogP contribution in [-0.2, 0) is 16.1 Å². The molecular formula is C19H21NO5. The third kappa shape index (κ3) is 5.93. The number of carbonyl (C=O) groups excluding carboxylic acids is 1. The van der Waals surface area contributed by atoms with Crippen LogP contribution in [0, 0.1) is 0 Å². The molecule has 2 aromatic carbocycles. The third-order valence-corrected chi connectivity index (χ3v) is 3.58. The number of carboxylic acids is 1. The summed E-state index contributed by atoms with van der Waals surface area (Å²) in [5.74, 6) is -0.746. The summed E-state index contributed by atoms with van der Waals surface area (Å²) in [4.78, 5) is 23.3. The number of hydrogen-bond acceptors (Lipinski definition) is 4. The predicted octanol–water partition coefficient (Wildman–Crippen LogP) is 2.49. The van der Waals surface area contributed by atoms with E-state index in [2.05, 4.69) is 5.32 Å². The summed E-state index contributed by atoms with van der Waals surface area (Å²) >= 11 is 0. The van der Waals surface area contributed by atoms with Gasteiger partial charge in [-0.3, -0.25) is 4.79 Å². The average molecular weight is 343 g/mol. The van der Waals surface area contributed by atoms with Gasteiger partial charge in [0.25, 0.3) is 5.91 Å². The van der Waals surface area contributed by atoms with Crippen LogP contribution in [0.15, 0.2) is 54.6 Å². The molecule has 0 aliphatic heterocycles. The number of ether oxygens (including phenoxy) is 2. The first-order valence-electron chi connectivity index (χ1n) is 7.89. The summed E-state index contributed by atoms with van der Waals surface area (Å²) in [6.07, 6.45) is 0.209. The quantitative estimate of drug-likeness (QED) is 0.731. The first-order chi connectivity index (χ1) is 12.1. The Hall–Kier alpha value is -2.86. The first kappa shape index (κ1) is 18.5. The lowest BCUT2D eigenvalue weighted by molar-refractivity contribution is -0.139. The van der Waals surface area contributed by atoms with E-state index in [1.165, 1.54) is 7.11 Å². The van der Waals surface area contributed by atoms with Gasteiger partial charge in [-0.05, 0) is 29.8 Å². The van der Waals surface area contributed by atoms with Gasteiger partial charge in [0.2, 0.25) is 0 Å². The van der Waals surface area contributed by atoms with E-state index in [0.717, 1.165) is 11.3 Å². The van der Waals surface area contributed by atoms with Crippen LogP contribution in [0.2, 0.25) is 0 Å². The van der Waals surface area contributed by atoms with Gasteiger partial charge in [-0.1, -0.05) is 30.3 Å². The first-order valence-corrected chi connectivity index (χ1v) is 7.89. The maximum absolute atomic E-state index is 12.2. The van der Waals surface area contributed by atoms with Crippen LogP contribution in [-0.4, -0.2) is 36.7 Å². The van der Waals surface area contributed by atoms with Crippen molar-refractivity contribution >= 4 is 11.9 Å².